The van der Waals surface area contributed by atoms with E-state index in [0.29, 0.717) is 17.1 Å². The van der Waals surface area contributed by atoms with Crippen LogP contribution in [0.5, 0.6) is 0 Å². The molecule has 0 heterocycles. The van der Waals surface area contributed by atoms with E-state index in [0.717, 1.165) is 16.3 Å². The third-order valence-electron chi connectivity index (χ3n) is 4.48. The zero-order valence-corrected chi connectivity index (χ0v) is 15.0. The Hall–Kier alpha value is -2.36. The van der Waals surface area contributed by atoms with Crippen LogP contribution < -0.4 is 5.32 Å². The van der Waals surface area contributed by atoms with E-state index in [4.69, 9.17) is 16.3 Å². The van der Waals surface area contributed by atoms with Gasteiger partial charge in [0.1, 0.15) is 5.60 Å². The first-order valence-corrected chi connectivity index (χ1v) is 8.48. The average Bonchev–Trinajstić information content (AvgIpc) is 2.65. The number of carbonyl (C=O) groups excluding carboxylic acids is 1. The van der Waals surface area contributed by atoms with Crippen molar-refractivity contribution in [2.24, 2.45) is 0 Å². The Balaban J connectivity index is 1.77. The van der Waals surface area contributed by atoms with E-state index in [1.54, 1.807) is 7.11 Å². The van der Waals surface area contributed by atoms with E-state index >= 15 is 0 Å². The van der Waals surface area contributed by atoms with E-state index in [9.17, 15) is 4.79 Å². The molecule has 0 saturated heterocycles. The number of nitrogens with one attached hydrogen (secondary N) is 1. The molecule has 0 fully saturated rings. The van der Waals surface area contributed by atoms with E-state index < -0.39 is 5.60 Å². The number of hydrogen-bond acceptors (Lipinski definition) is 2. The quantitative estimate of drug-likeness (QED) is 0.716. The molecular weight excluding hydrogens is 334 g/mol. The van der Waals surface area contributed by atoms with E-state index in [2.05, 4.69) is 5.32 Å². The third-order valence-corrected chi connectivity index (χ3v) is 4.72. The predicted octanol–water partition coefficient (Wildman–Crippen LogP) is 4.78. The van der Waals surface area contributed by atoms with Crippen molar-refractivity contribution in [1.82, 2.24) is 5.32 Å². The number of benzene rings is 3. The molecular formula is C21H20ClNO2. The van der Waals surface area contributed by atoms with Gasteiger partial charge in [0, 0.05) is 17.7 Å². The molecule has 4 heteroatoms. The van der Waals surface area contributed by atoms with Crippen molar-refractivity contribution in [1.29, 1.82) is 0 Å². The van der Waals surface area contributed by atoms with Crippen LogP contribution in [0.15, 0.2) is 66.7 Å². The first-order valence-electron chi connectivity index (χ1n) is 8.10. The lowest BCUT2D eigenvalue weighted by atomic mass is 9.95. The molecule has 0 aliphatic heterocycles. The molecule has 3 aromatic carbocycles. The van der Waals surface area contributed by atoms with Crippen LogP contribution in [0.3, 0.4) is 0 Å². The maximum Gasteiger partial charge on any atom is 0.251 e. The predicted molar refractivity (Wildman–Crippen MR) is 102 cm³/mol. The smallest absolute Gasteiger partial charge is 0.251 e. The summed E-state index contributed by atoms with van der Waals surface area (Å²) in [5, 5.41) is 5.76. The van der Waals surface area contributed by atoms with Crippen LogP contribution in [0.4, 0.5) is 0 Å². The fraction of sp³-hybridized carbons (Fsp3) is 0.190. The average molecular weight is 354 g/mol. The van der Waals surface area contributed by atoms with Gasteiger partial charge in [0.2, 0.25) is 0 Å². The summed E-state index contributed by atoms with van der Waals surface area (Å²) in [6.07, 6.45) is 0. The molecule has 25 heavy (non-hydrogen) atoms. The summed E-state index contributed by atoms with van der Waals surface area (Å²) in [6.45, 7) is 2.27. The van der Waals surface area contributed by atoms with Crippen molar-refractivity contribution >= 4 is 28.3 Å². The standard InChI is InChI=1S/C21H20ClNO2/c1-21(25-2,18-8-5-9-19(22)13-18)14-23-20(24)17-11-10-15-6-3-4-7-16(15)12-17/h3-13H,14H2,1-2H3,(H,23,24). The molecule has 1 unspecified atom stereocenters. The summed E-state index contributed by atoms with van der Waals surface area (Å²) in [7, 11) is 1.63. The second-order valence-corrected chi connectivity index (χ2v) is 6.63. The Morgan fingerprint density at radius 1 is 1.04 bits per heavy atom. The van der Waals surface area contributed by atoms with Crippen LogP contribution in [-0.2, 0) is 10.3 Å². The first-order chi connectivity index (χ1) is 12.0. The highest BCUT2D eigenvalue weighted by atomic mass is 35.5. The number of carbonyl (C=O) groups is 1. The Labute approximate surface area is 152 Å². The summed E-state index contributed by atoms with van der Waals surface area (Å²) in [5.74, 6) is -0.129. The van der Waals surface area contributed by atoms with E-state index in [-0.39, 0.29) is 5.91 Å². The van der Waals surface area contributed by atoms with Crippen LogP contribution in [0, 0.1) is 0 Å². The van der Waals surface area contributed by atoms with Crippen molar-refractivity contribution in [2.75, 3.05) is 13.7 Å². The fourth-order valence-corrected chi connectivity index (χ4v) is 2.98. The summed E-state index contributed by atoms with van der Waals surface area (Å²) >= 11 is 6.08. The molecule has 1 amide bonds. The zero-order chi connectivity index (χ0) is 17.9. The van der Waals surface area contributed by atoms with Crippen LogP contribution in [0.2, 0.25) is 5.02 Å². The van der Waals surface area contributed by atoms with Crippen LogP contribution in [-0.4, -0.2) is 19.6 Å². The minimum absolute atomic E-state index is 0.129. The lowest BCUT2D eigenvalue weighted by Crippen LogP contribution is -2.40. The summed E-state index contributed by atoms with van der Waals surface area (Å²) in [4.78, 5) is 12.6. The summed E-state index contributed by atoms with van der Waals surface area (Å²) < 4.78 is 5.66. The van der Waals surface area contributed by atoms with E-state index in [1.165, 1.54) is 0 Å². The molecule has 128 valence electrons. The third kappa shape index (κ3) is 3.84. The largest absolute Gasteiger partial charge is 0.372 e. The number of methoxy groups -OCH3 is 1. The molecule has 1 atom stereocenters. The molecule has 0 bridgehead atoms. The van der Waals surface area contributed by atoms with Gasteiger partial charge in [-0.05, 0) is 47.5 Å². The lowest BCUT2D eigenvalue weighted by Gasteiger charge is -2.29. The monoisotopic (exact) mass is 353 g/mol. The molecule has 0 aliphatic rings. The Morgan fingerprint density at radius 3 is 2.52 bits per heavy atom. The minimum Gasteiger partial charge on any atom is -0.372 e. The van der Waals surface area contributed by atoms with Gasteiger partial charge in [-0.2, -0.15) is 0 Å². The Bertz CT molecular complexity index is 909. The topological polar surface area (TPSA) is 38.3 Å². The number of amides is 1. The van der Waals surface area contributed by atoms with Crippen LogP contribution >= 0.6 is 11.6 Å². The van der Waals surface area contributed by atoms with Gasteiger partial charge in [0.15, 0.2) is 0 Å². The summed E-state index contributed by atoms with van der Waals surface area (Å²) in [5.41, 5.74) is 0.891. The normalized spacial score (nSPS) is 13.4. The first kappa shape index (κ1) is 17.5. The second kappa shape index (κ2) is 7.26. The molecule has 0 radical (unpaired) electrons. The highest BCUT2D eigenvalue weighted by Gasteiger charge is 2.27. The van der Waals surface area contributed by atoms with Gasteiger partial charge in [0.05, 0.1) is 6.54 Å². The zero-order valence-electron chi connectivity index (χ0n) is 14.3. The number of halogens is 1. The van der Waals surface area contributed by atoms with Crippen molar-refractivity contribution in [3.05, 3.63) is 82.9 Å². The number of fused-ring (bicyclic) bond motifs is 1. The molecule has 3 aromatic rings. The van der Waals surface area contributed by atoms with E-state index in [1.807, 2.05) is 73.7 Å². The van der Waals surface area contributed by atoms with Gasteiger partial charge in [-0.15, -0.1) is 0 Å². The van der Waals surface area contributed by atoms with Gasteiger partial charge in [-0.3, -0.25) is 4.79 Å². The van der Waals surface area contributed by atoms with Gasteiger partial charge in [-0.1, -0.05) is 54.1 Å². The minimum atomic E-state index is -0.655. The fourth-order valence-electron chi connectivity index (χ4n) is 2.79. The number of rotatable bonds is 5. The maximum atomic E-state index is 12.6. The molecule has 3 rings (SSSR count). The molecule has 3 nitrogen and oxygen atoms in total. The number of ether oxygens (including phenoxy) is 1. The highest BCUT2D eigenvalue weighted by Crippen LogP contribution is 2.26. The molecule has 1 N–H and O–H groups in total. The van der Waals surface area contributed by atoms with Crippen molar-refractivity contribution in [3.63, 3.8) is 0 Å². The van der Waals surface area contributed by atoms with Gasteiger partial charge in [0.25, 0.3) is 5.91 Å². The van der Waals surface area contributed by atoms with Crippen molar-refractivity contribution in [2.45, 2.75) is 12.5 Å². The molecule has 0 spiro atoms. The number of hydrogen-bond donors (Lipinski definition) is 1. The van der Waals surface area contributed by atoms with Crippen LogP contribution in [0.25, 0.3) is 10.8 Å². The van der Waals surface area contributed by atoms with Gasteiger partial charge < -0.3 is 10.1 Å². The molecule has 0 aliphatic carbocycles. The second-order valence-electron chi connectivity index (χ2n) is 6.19. The maximum absolute atomic E-state index is 12.6. The van der Waals surface area contributed by atoms with Crippen molar-refractivity contribution < 1.29 is 9.53 Å². The lowest BCUT2D eigenvalue weighted by molar-refractivity contribution is 0.00316. The SMILES string of the molecule is COC(C)(CNC(=O)c1ccc2ccccc2c1)c1cccc(Cl)c1. The van der Waals surface area contributed by atoms with Gasteiger partial charge in [-0.25, -0.2) is 0 Å². The molecule has 0 saturated carbocycles. The van der Waals surface area contributed by atoms with Gasteiger partial charge >= 0.3 is 0 Å². The molecule has 0 aromatic heterocycles. The van der Waals surface area contributed by atoms with Crippen molar-refractivity contribution in [3.8, 4) is 0 Å². The van der Waals surface area contributed by atoms with Crippen LogP contribution in [0.1, 0.15) is 22.8 Å². The summed E-state index contributed by atoms with van der Waals surface area (Å²) in [6, 6.07) is 21.1. The highest BCUT2D eigenvalue weighted by molar-refractivity contribution is 6.30. The Kier molecular flexibility index (Phi) is 5.07. The Morgan fingerprint density at radius 2 is 1.80 bits per heavy atom.